The highest BCUT2D eigenvalue weighted by atomic mass is 16.5. The van der Waals surface area contributed by atoms with Crippen molar-refractivity contribution in [3.63, 3.8) is 0 Å². The van der Waals surface area contributed by atoms with Crippen molar-refractivity contribution in [3.05, 3.63) is 54.1 Å². The van der Waals surface area contributed by atoms with Crippen molar-refractivity contribution in [1.29, 1.82) is 0 Å². The van der Waals surface area contributed by atoms with Crippen LogP contribution in [-0.2, 0) is 9.59 Å². The lowest BCUT2D eigenvalue weighted by molar-refractivity contribution is -0.132. The number of benzene rings is 2. The number of methoxy groups -OCH3 is 1. The van der Waals surface area contributed by atoms with Gasteiger partial charge in [-0.1, -0.05) is 36.4 Å². The van der Waals surface area contributed by atoms with Gasteiger partial charge in [0.15, 0.2) is 0 Å². The Hall–Kier alpha value is -3.19. The Morgan fingerprint density at radius 2 is 1.82 bits per heavy atom. The number of nitrogens with zero attached hydrogens (tertiary/aromatic N) is 4. The first kappa shape index (κ1) is 20.4. The van der Waals surface area contributed by atoms with E-state index < -0.39 is 5.54 Å². The van der Waals surface area contributed by atoms with E-state index in [0.29, 0.717) is 13.3 Å². The van der Waals surface area contributed by atoms with Gasteiger partial charge < -0.3 is 9.64 Å². The summed E-state index contributed by atoms with van der Waals surface area (Å²) in [7, 11) is 1.67. The molecule has 1 spiro atoms. The summed E-state index contributed by atoms with van der Waals surface area (Å²) in [6, 6.07) is 16.2. The molecule has 2 heterocycles. The molecule has 2 aromatic rings. The topological polar surface area (TPSA) is 65.5 Å². The van der Waals surface area contributed by atoms with Crippen LogP contribution in [0.5, 0.6) is 5.75 Å². The molecule has 2 amide bonds. The van der Waals surface area contributed by atoms with Crippen LogP contribution in [0.1, 0.15) is 31.2 Å². The zero-order valence-corrected chi connectivity index (χ0v) is 18.9. The molecular weight excluding hydrogens is 416 g/mol. The molecule has 0 bridgehead atoms. The Balaban J connectivity index is 1.21. The third kappa shape index (κ3) is 3.70. The molecule has 2 aliphatic carbocycles. The van der Waals surface area contributed by atoms with Crippen LogP contribution >= 0.6 is 0 Å². The van der Waals surface area contributed by atoms with Crippen LogP contribution in [0.25, 0.3) is 11.1 Å². The van der Waals surface area contributed by atoms with Gasteiger partial charge in [-0.15, -0.1) is 0 Å². The van der Waals surface area contributed by atoms with Crippen LogP contribution in [0.2, 0.25) is 0 Å². The van der Waals surface area contributed by atoms with Gasteiger partial charge in [-0.05, 0) is 48.9 Å². The lowest BCUT2D eigenvalue weighted by atomic mass is 10.0. The minimum Gasteiger partial charge on any atom is -0.497 e. The second kappa shape index (κ2) is 7.70. The van der Waals surface area contributed by atoms with Crippen molar-refractivity contribution in [2.45, 2.75) is 31.2 Å². The van der Waals surface area contributed by atoms with E-state index in [9.17, 15) is 9.59 Å². The zero-order chi connectivity index (χ0) is 22.6. The Morgan fingerprint density at radius 1 is 1.06 bits per heavy atom. The van der Waals surface area contributed by atoms with Crippen LogP contribution < -0.4 is 4.74 Å². The van der Waals surface area contributed by atoms with Crippen LogP contribution in [-0.4, -0.2) is 71.4 Å². The first-order chi connectivity index (χ1) is 16.1. The minimum absolute atomic E-state index is 0.0985. The molecule has 6 rings (SSSR count). The third-order valence-corrected chi connectivity index (χ3v) is 7.13. The average Bonchev–Trinajstić information content (AvgIpc) is 3.77. The molecule has 0 radical (unpaired) electrons. The van der Waals surface area contributed by atoms with Crippen molar-refractivity contribution >= 4 is 17.6 Å². The first-order valence-electron chi connectivity index (χ1n) is 11.7. The third-order valence-electron chi connectivity index (χ3n) is 7.13. The van der Waals surface area contributed by atoms with E-state index >= 15 is 0 Å². The Kier molecular flexibility index (Phi) is 4.76. The molecule has 0 atom stereocenters. The van der Waals surface area contributed by atoms with Crippen molar-refractivity contribution in [1.82, 2.24) is 14.7 Å². The first-order valence-corrected chi connectivity index (χ1v) is 11.7. The van der Waals surface area contributed by atoms with Crippen molar-refractivity contribution < 1.29 is 14.3 Å². The zero-order valence-electron chi connectivity index (χ0n) is 18.9. The molecule has 3 fully saturated rings. The summed E-state index contributed by atoms with van der Waals surface area (Å²) in [6.45, 7) is 2.60. The fourth-order valence-electron chi connectivity index (χ4n) is 4.80. The minimum atomic E-state index is -0.552. The van der Waals surface area contributed by atoms with Gasteiger partial charge in [0.25, 0.3) is 5.91 Å². The number of rotatable bonds is 6. The maximum absolute atomic E-state index is 13.2. The summed E-state index contributed by atoms with van der Waals surface area (Å²) in [5.74, 6) is 2.17. The van der Waals surface area contributed by atoms with Gasteiger partial charge in [0.1, 0.15) is 17.1 Å². The number of hydrogen-bond donors (Lipinski definition) is 0. The van der Waals surface area contributed by atoms with E-state index in [1.54, 1.807) is 7.11 Å². The van der Waals surface area contributed by atoms with E-state index in [-0.39, 0.29) is 17.7 Å². The number of aliphatic imine (C=N–C) groups is 1. The molecule has 0 N–H and O–H groups in total. The SMILES string of the molecule is COc1cccc(-c2ccc(C3=NC4(CC4)C(=O)N3CN3CCN(C(=O)C4CC4)C3)cc2)c1. The van der Waals surface area contributed by atoms with Crippen LogP contribution in [0.3, 0.4) is 0 Å². The molecular formula is C26H28N4O3. The Labute approximate surface area is 193 Å². The number of amidine groups is 1. The molecule has 1 saturated heterocycles. The van der Waals surface area contributed by atoms with Crippen LogP contribution in [0, 0.1) is 5.92 Å². The number of carbonyl (C=O) groups excluding carboxylic acids is 2. The molecule has 4 aliphatic rings. The van der Waals surface area contributed by atoms with Gasteiger partial charge in [0, 0.05) is 24.6 Å². The van der Waals surface area contributed by atoms with Gasteiger partial charge >= 0.3 is 0 Å². The summed E-state index contributed by atoms with van der Waals surface area (Å²) in [5.41, 5.74) is 2.57. The predicted octanol–water partition coefficient (Wildman–Crippen LogP) is 2.95. The molecule has 0 aromatic heterocycles. The van der Waals surface area contributed by atoms with E-state index in [2.05, 4.69) is 23.1 Å². The average molecular weight is 445 g/mol. The molecule has 2 aromatic carbocycles. The van der Waals surface area contributed by atoms with E-state index in [1.807, 2.05) is 40.1 Å². The van der Waals surface area contributed by atoms with Crippen LogP contribution in [0.15, 0.2) is 53.5 Å². The second-order valence-electron chi connectivity index (χ2n) is 9.56. The number of hydrogen-bond acceptors (Lipinski definition) is 5. The fourth-order valence-corrected chi connectivity index (χ4v) is 4.80. The van der Waals surface area contributed by atoms with Gasteiger partial charge in [0.2, 0.25) is 5.91 Å². The fraction of sp³-hybridized carbons (Fsp3) is 0.423. The molecule has 0 unspecified atom stereocenters. The number of amides is 2. The van der Waals surface area contributed by atoms with Gasteiger partial charge in [-0.25, -0.2) is 0 Å². The van der Waals surface area contributed by atoms with E-state index in [4.69, 9.17) is 9.73 Å². The van der Waals surface area contributed by atoms with Crippen molar-refractivity contribution in [2.24, 2.45) is 10.9 Å². The summed E-state index contributed by atoms with van der Waals surface area (Å²) >= 11 is 0. The quantitative estimate of drug-likeness (QED) is 0.687. The Morgan fingerprint density at radius 3 is 2.52 bits per heavy atom. The largest absolute Gasteiger partial charge is 0.497 e. The predicted molar refractivity (Wildman–Crippen MR) is 125 cm³/mol. The van der Waals surface area contributed by atoms with E-state index in [1.165, 1.54) is 0 Å². The van der Waals surface area contributed by atoms with Crippen molar-refractivity contribution in [3.8, 4) is 16.9 Å². The highest BCUT2D eigenvalue weighted by Crippen LogP contribution is 2.46. The normalized spacial score (nSPS) is 21.6. The summed E-state index contributed by atoms with van der Waals surface area (Å²) in [5, 5.41) is 0. The number of ether oxygens (including phenoxy) is 1. The van der Waals surface area contributed by atoms with Gasteiger partial charge in [-0.3, -0.25) is 24.4 Å². The lowest BCUT2D eigenvalue weighted by Crippen LogP contribution is -2.44. The second-order valence-corrected chi connectivity index (χ2v) is 9.56. The standard InChI is InChI=1S/C26H28N4O3/c1-33-22-4-2-3-21(15-22)18-5-7-19(8-6-18)23-27-26(11-12-26)25(32)30(23)17-28-13-14-29(16-28)24(31)20-9-10-20/h2-8,15,20H,9-14,16-17H2,1H3. The summed E-state index contributed by atoms with van der Waals surface area (Å²) in [6.07, 6.45) is 3.68. The molecule has 170 valence electrons. The molecule has 2 saturated carbocycles. The van der Waals surface area contributed by atoms with Gasteiger partial charge in [-0.2, -0.15) is 0 Å². The molecule has 2 aliphatic heterocycles. The monoisotopic (exact) mass is 444 g/mol. The van der Waals surface area contributed by atoms with Gasteiger partial charge in [0.05, 0.1) is 20.4 Å². The molecule has 33 heavy (non-hydrogen) atoms. The smallest absolute Gasteiger partial charge is 0.257 e. The highest BCUT2D eigenvalue weighted by Gasteiger charge is 2.57. The maximum atomic E-state index is 13.2. The Bertz CT molecular complexity index is 1130. The summed E-state index contributed by atoms with van der Waals surface area (Å²) < 4.78 is 5.35. The summed E-state index contributed by atoms with van der Waals surface area (Å²) in [4.78, 5) is 36.5. The highest BCUT2D eigenvalue weighted by molar-refractivity contribution is 6.16. The van der Waals surface area contributed by atoms with Crippen LogP contribution in [0.4, 0.5) is 0 Å². The lowest BCUT2D eigenvalue weighted by Gasteiger charge is -2.26. The molecule has 7 heteroatoms. The number of carbonyl (C=O) groups is 2. The molecule has 7 nitrogen and oxygen atoms in total. The van der Waals surface area contributed by atoms with E-state index in [0.717, 1.165) is 67.0 Å². The maximum Gasteiger partial charge on any atom is 0.257 e. The van der Waals surface area contributed by atoms with Crippen molar-refractivity contribution in [2.75, 3.05) is 33.5 Å².